The zero-order valence-corrected chi connectivity index (χ0v) is 3.69. The average molecular weight is 91.1 g/mol. The molecule has 6 heavy (non-hydrogen) atoms. The highest BCUT2D eigenvalue weighted by Crippen LogP contribution is 1.37. The third kappa shape index (κ3) is 9.90. The summed E-state index contributed by atoms with van der Waals surface area (Å²) in [6, 6.07) is 0. The number of carbonyl (C=O) groups excluding carboxylic acids is 1. The molecule has 0 saturated heterocycles. The molecule has 0 bridgehead atoms. The van der Waals surface area contributed by atoms with Gasteiger partial charge in [0.1, 0.15) is 0 Å². The number of amides is 1. The van der Waals surface area contributed by atoms with Crippen LogP contribution in [0, 0.1) is 0 Å². The van der Waals surface area contributed by atoms with Gasteiger partial charge < -0.3 is 10.8 Å². The summed E-state index contributed by atoms with van der Waals surface area (Å²) in [6.07, 6.45) is 0.681. The van der Waals surface area contributed by atoms with E-state index in [1.165, 1.54) is 0 Å². The Labute approximate surface area is 36.7 Å². The van der Waals surface area contributed by atoms with Crippen LogP contribution < -0.4 is 5.32 Å². The molecule has 0 saturated carbocycles. The van der Waals surface area contributed by atoms with Crippen molar-refractivity contribution in [1.82, 2.24) is 5.32 Å². The normalized spacial score (nSPS) is 5.50. The number of nitrogens with one attached hydrogen (secondary N) is 1. The first-order valence-electron chi connectivity index (χ1n) is 1.59. The monoisotopic (exact) mass is 91.1 g/mol. The van der Waals surface area contributed by atoms with Crippen LogP contribution in [0.2, 0.25) is 0 Å². The van der Waals surface area contributed by atoms with Crippen molar-refractivity contribution in [2.75, 3.05) is 6.54 Å². The van der Waals surface area contributed by atoms with E-state index in [2.05, 4.69) is 5.32 Å². The van der Waals surface area contributed by atoms with Crippen molar-refractivity contribution < 1.29 is 10.3 Å². The van der Waals surface area contributed by atoms with E-state index in [4.69, 9.17) is 0 Å². The second-order valence-corrected chi connectivity index (χ2v) is 0.676. The van der Waals surface area contributed by atoms with Gasteiger partial charge in [-0.1, -0.05) is 0 Å². The Morgan fingerprint density at radius 3 is 2.33 bits per heavy atom. The zero-order valence-electron chi connectivity index (χ0n) is 3.69. The molecule has 0 aromatic heterocycles. The van der Waals surface area contributed by atoms with E-state index in [0.29, 0.717) is 6.41 Å². The molecule has 3 nitrogen and oxygen atoms in total. The van der Waals surface area contributed by atoms with Gasteiger partial charge in [-0.15, -0.1) is 0 Å². The van der Waals surface area contributed by atoms with Crippen molar-refractivity contribution in [2.24, 2.45) is 0 Å². The summed E-state index contributed by atoms with van der Waals surface area (Å²) in [5.74, 6) is 0. The fourth-order valence-corrected chi connectivity index (χ4v) is 0.0833. The van der Waals surface area contributed by atoms with E-state index >= 15 is 0 Å². The maximum Gasteiger partial charge on any atom is 0.207 e. The van der Waals surface area contributed by atoms with Gasteiger partial charge in [0.25, 0.3) is 0 Å². The summed E-state index contributed by atoms with van der Waals surface area (Å²) in [5.41, 5.74) is 0. The van der Waals surface area contributed by atoms with E-state index < -0.39 is 0 Å². The van der Waals surface area contributed by atoms with Gasteiger partial charge in [0, 0.05) is 6.54 Å². The Bertz CT molecular complexity index is 30.0. The van der Waals surface area contributed by atoms with Crippen LogP contribution in [0.3, 0.4) is 0 Å². The summed E-state index contributed by atoms with van der Waals surface area (Å²) < 4.78 is 0. The maximum absolute atomic E-state index is 9.29. The SMILES string of the molecule is CCNC=O.O. The average Bonchev–Trinajstić information content (AvgIpc) is 1.41. The Kier molecular flexibility index (Phi) is 13.3. The van der Waals surface area contributed by atoms with Gasteiger partial charge in [0.15, 0.2) is 0 Å². The predicted octanol–water partition coefficient (Wildman–Crippen LogP) is -1.07. The maximum atomic E-state index is 9.29. The number of carbonyl (C=O) groups is 1. The van der Waals surface area contributed by atoms with Gasteiger partial charge in [-0.3, -0.25) is 4.79 Å². The van der Waals surface area contributed by atoms with Gasteiger partial charge in [-0.05, 0) is 6.92 Å². The minimum Gasteiger partial charge on any atom is -0.412 e. The van der Waals surface area contributed by atoms with E-state index in [0.717, 1.165) is 6.54 Å². The highest BCUT2D eigenvalue weighted by Gasteiger charge is 1.59. The highest BCUT2D eigenvalue weighted by atomic mass is 16.1. The van der Waals surface area contributed by atoms with Crippen LogP contribution in [0.15, 0.2) is 0 Å². The molecule has 38 valence electrons. The largest absolute Gasteiger partial charge is 0.412 e. The van der Waals surface area contributed by atoms with Crippen LogP contribution >= 0.6 is 0 Å². The molecule has 0 unspecified atom stereocenters. The van der Waals surface area contributed by atoms with Crippen molar-refractivity contribution in [3.05, 3.63) is 0 Å². The molecule has 0 aromatic carbocycles. The van der Waals surface area contributed by atoms with Crippen LogP contribution in [0.1, 0.15) is 6.92 Å². The van der Waals surface area contributed by atoms with Crippen LogP contribution in [0.4, 0.5) is 0 Å². The second kappa shape index (κ2) is 8.83. The molecule has 0 aliphatic carbocycles. The topological polar surface area (TPSA) is 60.6 Å². The summed E-state index contributed by atoms with van der Waals surface area (Å²) in [4.78, 5) is 9.29. The Morgan fingerprint density at radius 2 is 2.33 bits per heavy atom. The molecule has 0 aliphatic heterocycles. The third-order valence-corrected chi connectivity index (χ3v) is 0.287. The molecule has 3 heteroatoms. The molecule has 0 aliphatic rings. The first-order valence-corrected chi connectivity index (χ1v) is 1.59. The van der Waals surface area contributed by atoms with Gasteiger partial charge in [0.05, 0.1) is 0 Å². The summed E-state index contributed by atoms with van der Waals surface area (Å²) in [5, 5.41) is 2.43. The fraction of sp³-hybridized carbons (Fsp3) is 0.667. The fourth-order valence-electron chi connectivity index (χ4n) is 0.0833. The van der Waals surface area contributed by atoms with Crippen molar-refractivity contribution in [3.63, 3.8) is 0 Å². The molecule has 1 amide bonds. The van der Waals surface area contributed by atoms with E-state index in [9.17, 15) is 4.79 Å². The zero-order chi connectivity index (χ0) is 4.12. The van der Waals surface area contributed by atoms with E-state index in [1.807, 2.05) is 6.92 Å². The van der Waals surface area contributed by atoms with Gasteiger partial charge in [0.2, 0.25) is 6.41 Å². The van der Waals surface area contributed by atoms with Gasteiger partial charge >= 0.3 is 0 Å². The standard InChI is InChI=1S/C3H7NO.H2O/c1-2-4-3-5;/h3H,2H2,1H3,(H,4,5);1H2. The molecule has 0 heterocycles. The van der Waals surface area contributed by atoms with E-state index in [1.54, 1.807) is 0 Å². The van der Waals surface area contributed by atoms with Crippen LogP contribution in [-0.2, 0) is 4.79 Å². The molecular weight excluding hydrogens is 82.0 g/mol. The van der Waals surface area contributed by atoms with Crippen molar-refractivity contribution >= 4 is 6.41 Å². The lowest BCUT2D eigenvalue weighted by Gasteiger charge is -1.78. The smallest absolute Gasteiger partial charge is 0.207 e. The minimum absolute atomic E-state index is 0. The molecule has 0 fully saturated rings. The van der Waals surface area contributed by atoms with Crippen molar-refractivity contribution in [1.29, 1.82) is 0 Å². The molecule has 0 radical (unpaired) electrons. The van der Waals surface area contributed by atoms with Crippen LogP contribution in [0.5, 0.6) is 0 Å². The van der Waals surface area contributed by atoms with Gasteiger partial charge in [-0.25, -0.2) is 0 Å². The lowest BCUT2D eigenvalue weighted by atomic mass is 10.8. The minimum atomic E-state index is 0. The quantitative estimate of drug-likeness (QED) is 0.432. The summed E-state index contributed by atoms with van der Waals surface area (Å²) in [7, 11) is 0. The first kappa shape index (κ1) is 9.06. The Morgan fingerprint density at radius 1 is 1.83 bits per heavy atom. The molecule has 0 spiro atoms. The molecule has 0 atom stereocenters. The lowest BCUT2D eigenvalue weighted by Crippen LogP contribution is -2.07. The Balaban J connectivity index is 0. The van der Waals surface area contributed by atoms with Crippen molar-refractivity contribution in [3.8, 4) is 0 Å². The summed E-state index contributed by atoms with van der Waals surface area (Å²) in [6.45, 7) is 2.60. The van der Waals surface area contributed by atoms with Crippen molar-refractivity contribution in [2.45, 2.75) is 6.92 Å². The highest BCUT2D eigenvalue weighted by molar-refractivity contribution is 5.45. The molecule has 0 aromatic rings. The number of hydrogen-bond acceptors (Lipinski definition) is 1. The van der Waals surface area contributed by atoms with E-state index in [-0.39, 0.29) is 5.48 Å². The molecule has 0 rings (SSSR count). The molecule has 3 N–H and O–H groups in total. The molecular formula is C3H9NO2. The van der Waals surface area contributed by atoms with Crippen LogP contribution in [0.25, 0.3) is 0 Å². The first-order chi connectivity index (χ1) is 2.41. The summed E-state index contributed by atoms with van der Waals surface area (Å²) >= 11 is 0. The number of rotatable bonds is 2. The van der Waals surface area contributed by atoms with Gasteiger partial charge in [-0.2, -0.15) is 0 Å². The predicted molar refractivity (Wildman–Crippen MR) is 23.4 cm³/mol. The Hall–Kier alpha value is -0.570. The third-order valence-electron chi connectivity index (χ3n) is 0.287. The second-order valence-electron chi connectivity index (χ2n) is 0.676. The lowest BCUT2D eigenvalue weighted by molar-refractivity contribution is -0.109. The van der Waals surface area contributed by atoms with Crippen LogP contribution in [-0.4, -0.2) is 18.4 Å². The number of hydrogen-bond donors (Lipinski definition) is 1.